The van der Waals surface area contributed by atoms with Gasteiger partial charge in [-0.15, -0.1) is 0 Å². The molecule has 110 valence electrons. The zero-order chi connectivity index (χ0) is 14.2. The van der Waals surface area contributed by atoms with Gasteiger partial charge < -0.3 is 10.1 Å². The van der Waals surface area contributed by atoms with E-state index in [1.807, 2.05) is 7.05 Å². The van der Waals surface area contributed by atoms with Crippen molar-refractivity contribution in [1.29, 1.82) is 0 Å². The zero-order valence-corrected chi connectivity index (χ0v) is 12.8. The molecule has 0 saturated carbocycles. The summed E-state index contributed by atoms with van der Waals surface area (Å²) in [6.07, 6.45) is 9.82. The smallest absolute Gasteiger partial charge is 0.119 e. The van der Waals surface area contributed by atoms with Gasteiger partial charge in [-0.25, -0.2) is 0 Å². The first-order valence-electron chi connectivity index (χ1n) is 7.94. The van der Waals surface area contributed by atoms with Gasteiger partial charge in [0.2, 0.25) is 0 Å². The first-order chi connectivity index (χ1) is 9.85. The molecule has 0 fully saturated rings. The Hall–Kier alpha value is -1.28. The topological polar surface area (TPSA) is 21.3 Å². The molecule has 20 heavy (non-hydrogen) atoms. The van der Waals surface area contributed by atoms with Crippen molar-refractivity contribution in [2.24, 2.45) is 0 Å². The number of unbranched alkanes of at least 4 members (excludes halogenated alkanes) is 1. The number of hydrogen-bond acceptors (Lipinski definition) is 2. The summed E-state index contributed by atoms with van der Waals surface area (Å²) in [6.45, 7) is 3.00. The summed E-state index contributed by atoms with van der Waals surface area (Å²) in [5.74, 6) is 0.981. The Morgan fingerprint density at radius 3 is 2.60 bits per heavy atom. The monoisotopic (exact) mass is 273 g/mol. The molecule has 0 amide bonds. The Morgan fingerprint density at radius 2 is 2.00 bits per heavy atom. The molecule has 2 rings (SSSR count). The summed E-state index contributed by atoms with van der Waals surface area (Å²) < 4.78 is 5.73. The van der Waals surface area contributed by atoms with E-state index in [4.69, 9.17) is 4.74 Å². The molecule has 1 unspecified atom stereocenters. The highest BCUT2D eigenvalue weighted by Gasteiger charge is 2.16. The van der Waals surface area contributed by atoms with E-state index in [1.165, 1.54) is 37.7 Å². The lowest BCUT2D eigenvalue weighted by molar-refractivity contribution is 0.309. The molecular formula is C18H27NO. The fraction of sp³-hybridized carbons (Fsp3) is 0.556. The number of allylic oxidation sites excluding steroid dienone is 1. The second kappa shape index (κ2) is 8.11. The van der Waals surface area contributed by atoms with E-state index in [1.54, 1.807) is 5.57 Å². The third kappa shape index (κ3) is 4.11. The summed E-state index contributed by atoms with van der Waals surface area (Å²) in [6, 6.07) is 8.94. The standard InChI is InChI=1S/C18H27NO/c1-3-4-14-20-17-12-10-16(11-13-17)18(19-2)15-8-6-5-7-9-15/h8,10-13,18-19H,3-7,9,14H2,1-2H3. The molecule has 0 aliphatic heterocycles. The van der Waals surface area contributed by atoms with Gasteiger partial charge in [0.1, 0.15) is 5.75 Å². The maximum absolute atomic E-state index is 5.73. The molecule has 0 saturated heterocycles. The minimum absolute atomic E-state index is 0.361. The van der Waals surface area contributed by atoms with E-state index in [-0.39, 0.29) is 0 Å². The van der Waals surface area contributed by atoms with Crippen LogP contribution in [0.2, 0.25) is 0 Å². The molecular weight excluding hydrogens is 246 g/mol. The molecule has 2 nitrogen and oxygen atoms in total. The van der Waals surface area contributed by atoms with Crippen LogP contribution in [-0.2, 0) is 0 Å². The Balaban J connectivity index is 2.01. The summed E-state index contributed by atoms with van der Waals surface area (Å²) in [5, 5.41) is 3.45. The van der Waals surface area contributed by atoms with Gasteiger partial charge in [0.15, 0.2) is 0 Å². The van der Waals surface area contributed by atoms with Gasteiger partial charge >= 0.3 is 0 Å². The summed E-state index contributed by atoms with van der Waals surface area (Å²) >= 11 is 0. The predicted molar refractivity (Wildman–Crippen MR) is 85.2 cm³/mol. The number of hydrogen-bond donors (Lipinski definition) is 1. The summed E-state index contributed by atoms with van der Waals surface area (Å²) in [4.78, 5) is 0. The van der Waals surface area contributed by atoms with E-state index in [0.717, 1.165) is 18.8 Å². The van der Waals surface area contributed by atoms with Gasteiger partial charge in [-0.2, -0.15) is 0 Å². The molecule has 0 bridgehead atoms. The molecule has 1 aromatic rings. The summed E-state index contributed by atoms with van der Waals surface area (Å²) in [7, 11) is 2.05. The van der Waals surface area contributed by atoms with Crippen LogP contribution < -0.4 is 10.1 Å². The highest BCUT2D eigenvalue weighted by molar-refractivity contribution is 5.34. The average molecular weight is 273 g/mol. The first kappa shape index (κ1) is 15.1. The van der Waals surface area contributed by atoms with E-state index in [2.05, 4.69) is 42.6 Å². The van der Waals surface area contributed by atoms with E-state index < -0.39 is 0 Å². The molecule has 1 N–H and O–H groups in total. The van der Waals surface area contributed by atoms with Crippen molar-refractivity contribution in [1.82, 2.24) is 5.32 Å². The molecule has 0 spiro atoms. The second-order valence-electron chi connectivity index (χ2n) is 5.52. The van der Waals surface area contributed by atoms with Crippen LogP contribution in [0.5, 0.6) is 5.75 Å². The lowest BCUT2D eigenvalue weighted by Crippen LogP contribution is -2.19. The number of benzene rings is 1. The molecule has 1 aliphatic carbocycles. The van der Waals surface area contributed by atoms with Crippen LogP contribution in [0.4, 0.5) is 0 Å². The van der Waals surface area contributed by atoms with Crippen molar-refractivity contribution < 1.29 is 4.74 Å². The molecule has 0 heterocycles. The third-order valence-corrected chi connectivity index (χ3v) is 3.97. The van der Waals surface area contributed by atoms with Crippen LogP contribution in [0.1, 0.15) is 57.1 Å². The van der Waals surface area contributed by atoms with Crippen LogP contribution in [0.3, 0.4) is 0 Å². The largest absolute Gasteiger partial charge is 0.494 e. The SMILES string of the molecule is CCCCOc1ccc(C(NC)C2=CCCCC2)cc1. The molecule has 0 aromatic heterocycles. The van der Waals surface area contributed by atoms with Crippen LogP contribution in [-0.4, -0.2) is 13.7 Å². The Kier molecular flexibility index (Phi) is 6.13. The maximum atomic E-state index is 5.73. The van der Waals surface area contributed by atoms with Crippen molar-refractivity contribution in [2.75, 3.05) is 13.7 Å². The Morgan fingerprint density at radius 1 is 1.20 bits per heavy atom. The van der Waals surface area contributed by atoms with Crippen molar-refractivity contribution >= 4 is 0 Å². The van der Waals surface area contributed by atoms with Crippen molar-refractivity contribution in [3.8, 4) is 5.75 Å². The minimum atomic E-state index is 0.361. The van der Waals surface area contributed by atoms with Crippen LogP contribution >= 0.6 is 0 Å². The molecule has 1 atom stereocenters. The number of ether oxygens (including phenoxy) is 1. The second-order valence-corrected chi connectivity index (χ2v) is 5.52. The lowest BCUT2D eigenvalue weighted by Gasteiger charge is -2.23. The average Bonchev–Trinajstić information content (AvgIpc) is 2.51. The van der Waals surface area contributed by atoms with Crippen LogP contribution in [0.15, 0.2) is 35.9 Å². The van der Waals surface area contributed by atoms with Crippen LogP contribution in [0, 0.1) is 0 Å². The molecule has 1 aromatic carbocycles. The minimum Gasteiger partial charge on any atom is -0.494 e. The molecule has 0 radical (unpaired) electrons. The van der Waals surface area contributed by atoms with E-state index in [9.17, 15) is 0 Å². The summed E-state index contributed by atoms with van der Waals surface area (Å²) in [5.41, 5.74) is 2.88. The first-order valence-corrected chi connectivity index (χ1v) is 7.94. The van der Waals surface area contributed by atoms with Crippen molar-refractivity contribution in [3.63, 3.8) is 0 Å². The highest BCUT2D eigenvalue weighted by Crippen LogP contribution is 2.30. The van der Waals surface area contributed by atoms with Gasteiger partial charge in [-0.1, -0.05) is 37.1 Å². The highest BCUT2D eigenvalue weighted by atomic mass is 16.5. The van der Waals surface area contributed by atoms with Crippen molar-refractivity contribution in [3.05, 3.63) is 41.5 Å². The van der Waals surface area contributed by atoms with Gasteiger partial charge in [-0.05, 0) is 56.8 Å². The van der Waals surface area contributed by atoms with E-state index >= 15 is 0 Å². The predicted octanol–water partition coefficient (Wildman–Crippen LogP) is 4.63. The quantitative estimate of drug-likeness (QED) is 0.578. The van der Waals surface area contributed by atoms with Crippen LogP contribution in [0.25, 0.3) is 0 Å². The number of rotatable bonds is 7. The van der Waals surface area contributed by atoms with Gasteiger partial charge in [0.05, 0.1) is 12.6 Å². The van der Waals surface area contributed by atoms with Gasteiger partial charge in [0.25, 0.3) is 0 Å². The molecule has 2 heteroatoms. The van der Waals surface area contributed by atoms with Crippen molar-refractivity contribution in [2.45, 2.75) is 51.5 Å². The maximum Gasteiger partial charge on any atom is 0.119 e. The Labute approximate surface area is 123 Å². The Bertz CT molecular complexity index is 422. The van der Waals surface area contributed by atoms with Gasteiger partial charge in [0, 0.05) is 0 Å². The van der Waals surface area contributed by atoms with Gasteiger partial charge in [-0.3, -0.25) is 0 Å². The fourth-order valence-corrected chi connectivity index (χ4v) is 2.78. The lowest BCUT2D eigenvalue weighted by atomic mass is 9.90. The third-order valence-electron chi connectivity index (χ3n) is 3.97. The number of likely N-dealkylation sites (N-methyl/N-ethyl adjacent to an activating group) is 1. The number of nitrogens with one attached hydrogen (secondary N) is 1. The normalized spacial score (nSPS) is 16.6. The fourth-order valence-electron chi connectivity index (χ4n) is 2.78. The van der Waals surface area contributed by atoms with E-state index in [0.29, 0.717) is 6.04 Å². The molecule has 1 aliphatic rings. The zero-order valence-electron chi connectivity index (χ0n) is 12.8.